The van der Waals surface area contributed by atoms with Crippen LogP contribution in [0.3, 0.4) is 0 Å². The third-order valence-electron chi connectivity index (χ3n) is 2.74. The molecule has 1 N–H and O–H groups in total. The fourth-order valence-electron chi connectivity index (χ4n) is 1.86. The fourth-order valence-corrected chi connectivity index (χ4v) is 3.85. The topological polar surface area (TPSA) is 91.0 Å². The number of sulfone groups is 1. The number of benzene rings is 1. The maximum Gasteiger partial charge on any atom is 0.160 e. The Morgan fingerprint density at radius 2 is 1.77 bits per heavy atom. The second kappa shape index (κ2) is 6.53. The maximum absolute atomic E-state index is 12.2. The molecule has 0 atom stereocenters. The molecule has 0 fully saturated rings. The van der Waals surface area contributed by atoms with E-state index in [-0.39, 0.29) is 22.8 Å². The van der Waals surface area contributed by atoms with Crippen molar-refractivity contribution in [3.63, 3.8) is 0 Å². The van der Waals surface area contributed by atoms with E-state index in [0.717, 1.165) is 0 Å². The first-order valence-electron chi connectivity index (χ1n) is 6.02. The van der Waals surface area contributed by atoms with Crippen molar-refractivity contribution >= 4 is 33.0 Å². The SMILES string of the molecule is N#Cc1cnc(CS(=O)(=O)Cc2cc(Cl)cc(Cl)c2)c(O)c1. The fraction of sp³-hybridized carbons (Fsp3) is 0.143. The van der Waals surface area contributed by atoms with Crippen LogP contribution in [0.4, 0.5) is 0 Å². The number of aromatic nitrogens is 1. The Balaban J connectivity index is 2.23. The Morgan fingerprint density at radius 3 is 2.32 bits per heavy atom. The molecule has 1 aromatic heterocycles. The van der Waals surface area contributed by atoms with Crippen molar-refractivity contribution in [2.24, 2.45) is 0 Å². The minimum Gasteiger partial charge on any atom is -0.506 e. The Bertz CT molecular complexity index is 841. The lowest BCUT2D eigenvalue weighted by Gasteiger charge is -2.07. The molecule has 0 aliphatic rings. The van der Waals surface area contributed by atoms with Crippen LogP contribution in [0.25, 0.3) is 0 Å². The van der Waals surface area contributed by atoms with Crippen LogP contribution >= 0.6 is 23.2 Å². The van der Waals surface area contributed by atoms with E-state index < -0.39 is 15.6 Å². The van der Waals surface area contributed by atoms with Gasteiger partial charge in [0.25, 0.3) is 0 Å². The average Bonchev–Trinajstić information content (AvgIpc) is 2.39. The summed E-state index contributed by atoms with van der Waals surface area (Å²) >= 11 is 11.7. The Kier molecular flexibility index (Phi) is 4.91. The molecular formula is C14H10Cl2N2O3S. The summed E-state index contributed by atoms with van der Waals surface area (Å²) in [5, 5.41) is 19.1. The molecule has 22 heavy (non-hydrogen) atoms. The predicted octanol–water partition coefficient (Wildman–Crippen LogP) is 3.08. The molecule has 114 valence electrons. The highest BCUT2D eigenvalue weighted by molar-refractivity contribution is 7.89. The van der Waals surface area contributed by atoms with Gasteiger partial charge in [-0.15, -0.1) is 0 Å². The molecular weight excluding hydrogens is 347 g/mol. The van der Waals surface area contributed by atoms with Crippen LogP contribution < -0.4 is 0 Å². The predicted molar refractivity (Wildman–Crippen MR) is 83.4 cm³/mol. The molecule has 2 rings (SSSR count). The van der Waals surface area contributed by atoms with Crippen LogP contribution in [-0.4, -0.2) is 18.5 Å². The molecule has 0 saturated heterocycles. The molecule has 0 unspecified atom stereocenters. The smallest absolute Gasteiger partial charge is 0.160 e. The highest BCUT2D eigenvalue weighted by Crippen LogP contribution is 2.23. The first-order valence-corrected chi connectivity index (χ1v) is 8.60. The molecule has 0 aliphatic heterocycles. The summed E-state index contributed by atoms with van der Waals surface area (Å²) in [6.07, 6.45) is 1.21. The lowest BCUT2D eigenvalue weighted by molar-refractivity contribution is 0.465. The summed E-state index contributed by atoms with van der Waals surface area (Å²) in [4.78, 5) is 3.81. The summed E-state index contributed by atoms with van der Waals surface area (Å²) in [6, 6.07) is 7.51. The molecule has 0 amide bonds. The first kappa shape index (κ1) is 16.6. The lowest BCUT2D eigenvalue weighted by atomic mass is 10.2. The van der Waals surface area contributed by atoms with E-state index in [2.05, 4.69) is 4.98 Å². The van der Waals surface area contributed by atoms with Crippen LogP contribution in [-0.2, 0) is 21.3 Å². The van der Waals surface area contributed by atoms with E-state index in [0.29, 0.717) is 15.6 Å². The van der Waals surface area contributed by atoms with E-state index in [1.54, 1.807) is 0 Å². The van der Waals surface area contributed by atoms with Gasteiger partial charge in [0, 0.05) is 22.3 Å². The lowest BCUT2D eigenvalue weighted by Crippen LogP contribution is -2.09. The monoisotopic (exact) mass is 356 g/mol. The van der Waals surface area contributed by atoms with Crippen LogP contribution in [0.15, 0.2) is 30.5 Å². The normalized spacial score (nSPS) is 11.1. The van der Waals surface area contributed by atoms with Gasteiger partial charge in [-0.05, 0) is 23.8 Å². The zero-order valence-corrected chi connectivity index (χ0v) is 13.5. The minimum absolute atomic E-state index is 0.00729. The van der Waals surface area contributed by atoms with Gasteiger partial charge in [-0.1, -0.05) is 23.2 Å². The van der Waals surface area contributed by atoms with Crippen molar-refractivity contribution in [2.75, 3.05) is 0 Å². The van der Waals surface area contributed by atoms with Gasteiger partial charge in [-0.3, -0.25) is 4.98 Å². The van der Waals surface area contributed by atoms with Gasteiger partial charge in [-0.25, -0.2) is 8.42 Å². The second-order valence-electron chi connectivity index (χ2n) is 4.61. The largest absolute Gasteiger partial charge is 0.506 e. The Hall–Kier alpha value is -1.81. The van der Waals surface area contributed by atoms with Crippen LogP contribution in [0.2, 0.25) is 10.0 Å². The quantitative estimate of drug-likeness (QED) is 0.908. The number of hydrogen-bond donors (Lipinski definition) is 1. The molecule has 1 aromatic carbocycles. The number of aromatic hydroxyl groups is 1. The van der Waals surface area contributed by atoms with E-state index in [1.165, 1.54) is 30.5 Å². The number of hydrogen-bond acceptors (Lipinski definition) is 5. The van der Waals surface area contributed by atoms with Crippen LogP contribution in [0.5, 0.6) is 5.75 Å². The third kappa shape index (κ3) is 4.34. The van der Waals surface area contributed by atoms with Gasteiger partial charge in [0.2, 0.25) is 0 Å². The van der Waals surface area contributed by atoms with Crippen molar-refractivity contribution < 1.29 is 13.5 Å². The number of pyridine rings is 1. The number of nitrogens with zero attached hydrogens (tertiary/aromatic N) is 2. The minimum atomic E-state index is -3.59. The highest BCUT2D eigenvalue weighted by atomic mass is 35.5. The molecule has 0 aliphatic carbocycles. The summed E-state index contributed by atoms with van der Waals surface area (Å²) in [5.41, 5.74) is 0.595. The maximum atomic E-state index is 12.2. The van der Waals surface area contributed by atoms with Crippen molar-refractivity contribution in [2.45, 2.75) is 11.5 Å². The van der Waals surface area contributed by atoms with E-state index >= 15 is 0 Å². The van der Waals surface area contributed by atoms with Gasteiger partial charge in [0.1, 0.15) is 11.8 Å². The van der Waals surface area contributed by atoms with Gasteiger partial charge >= 0.3 is 0 Å². The van der Waals surface area contributed by atoms with Gasteiger partial charge < -0.3 is 5.11 Å². The highest BCUT2D eigenvalue weighted by Gasteiger charge is 2.17. The Morgan fingerprint density at radius 1 is 1.14 bits per heavy atom. The second-order valence-corrected chi connectivity index (χ2v) is 7.55. The molecule has 2 aromatic rings. The molecule has 0 spiro atoms. The number of halogens is 2. The molecule has 0 radical (unpaired) electrons. The molecule has 0 bridgehead atoms. The summed E-state index contributed by atoms with van der Waals surface area (Å²) < 4.78 is 24.4. The molecule has 5 nitrogen and oxygen atoms in total. The summed E-state index contributed by atoms with van der Waals surface area (Å²) in [6.45, 7) is 0. The number of nitriles is 1. The first-order chi connectivity index (χ1) is 10.3. The van der Waals surface area contributed by atoms with Gasteiger partial charge in [0.15, 0.2) is 9.84 Å². The van der Waals surface area contributed by atoms with Crippen molar-refractivity contribution in [3.8, 4) is 11.8 Å². The number of rotatable bonds is 4. The molecule has 8 heteroatoms. The summed E-state index contributed by atoms with van der Waals surface area (Å²) in [5.74, 6) is -1.06. The Labute approximate surface area is 137 Å². The van der Waals surface area contributed by atoms with Crippen molar-refractivity contribution in [1.29, 1.82) is 5.26 Å². The zero-order valence-electron chi connectivity index (χ0n) is 11.1. The van der Waals surface area contributed by atoms with Gasteiger partial charge in [0.05, 0.1) is 22.8 Å². The van der Waals surface area contributed by atoms with E-state index in [9.17, 15) is 13.5 Å². The van der Waals surface area contributed by atoms with Crippen molar-refractivity contribution in [1.82, 2.24) is 4.98 Å². The van der Waals surface area contributed by atoms with Gasteiger partial charge in [-0.2, -0.15) is 5.26 Å². The summed E-state index contributed by atoms with van der Waals surface area (Å²) in [7, 11) is -3.59. The van der Waals surface area contributed by atoms with E-state index in [1.807, 2.05) is 6.07 Å². The molecule has 1 heterocycles. The van der Waals surface area contributed by atoms with Crippen LogP contribution in [0.1, 0.15) is 16.8 Å². The standard InChI is InChI=1S/C14H10Cl2N2O3S/c15-11-1-9(2-12(16)4-11)7-22(20,21)8-13-14(19)3-10(5-17)6-18-13/h1-4,6,19H,7-8H2. The zero-order chi connectivity index (χ0) is 16.3. The van der Waals surface area contributed by atoms with Crippen molar-refractivity contribution in [3.05, 3.63) is 57.3 Å². The average molecular weight is 357 g/mol. The molecule has 0 saturated carbocycles. The third-order valence-corrected chi connectivity index (χ3v) is 4.66. The van der Waals surface area contributed by atoms with Crippen LogP contribution in [0, 0.1) is 11.3 Å². The van der Waals surface area contributed by atoms with E-state index in [4.69, 9.17) is 28.5 Å².